The number of ether oxygens (including phenoxy) is 2. The van der Waals surface area contributed by atoms with Gasteiger partial charge in [-0.2, -0.15) is 0 Å². The Bertz CT molecular complexity index is 1520. The lowest BCUT2D eigenvalue weighted by Gasteiger charge is -2.28. The fourth-order valence-corrected chi connectivity index (χ4v) is 5.58. The predicted octanol–water partition coefficient (Wildman–Crippen LogP) is 6.71. The van der Waals surface area contributed by atoms with Gasteiger partial charge in [0.05, 0.1) is 35.3 Å². The molecule has 0 spiro atoms. The van der Waals surface area contributed by atoms with Gasteiger partial charge in [-0.25, -0.2) is 9.97 Å². The smallest absolute Gasteiger partial charge is 0.138 e. The number of rotatable bonds is 12. The van der Waals surface area contributed by atoms with Gasteiger partial charge in [0.25, 0.3) is 0 Å². The molecule has 0 radical (unpaired) electrons. The van der Waals surface area contributed by atoms with Crippen molar-refractivity contribution in [1.29, 1.82) is 0 Å². The molecule has 0 amide bonds. The first-order valence-corrected chi connectivity index (χ1v) is 14.5. The van der Waals surface area contributed by atoms with Gasteiger partial charge in [0.15, 0.2) is 0 Å². The summed E-state index contributed by atoms with van der Waals surface area (Å²) in [6.45, 7) is 12.1. The Morgan fingerprint density at radius 3 is 1.33 bits per heavy atom. The summed E-state index contributed by atoms with van der Waals surface area (Å²) < 4.78 is 12.3. The molecular formula is C34H44N6O2. The normalized spacial score (nSPS) is 12.6. The first-order valence-electron chi connectivity index (χ1n) is 14.5. The lowest BCUT2D eigenvalue weighted by Crippen LogP contribution is -2.33. The molecule has 0 aliphatic rings. The first-order chi connectivity index (χ1) is 19.9. The summed E-state index contributed by atoms with van der Waals surface area (Å²) in [4.78, 5) is 20.9. The Morgan fingerprint density at radius 2 is 0.976 bits per heavy atom. The zero-order valence-corrected chi connectivity index (χ0v) is 26.2. The van der Waals surface area contributed by atoms with Crippen LogP contribution in [0.25, 0.3) is 44.8 Å². The summed E-state index contributed by atoms with van der Waals surface area (Å²) in [5.74, 6) is 3.33. The number of H-pyrrole nitrogens is 2. The van der Waals surface area contributed by atoms with E-state index < -0.39 is 0 Å². The first kappa shape index (κ1) is 29.6. The molecule has 2 aromatic heterocycles. The van der Waals surface area contributed by atoms with Crippen LogP contribution in [-0.4, -0.2) is 84.2 Å². The maximum atomic E-state index is 6.14. The highest BCUT2D eigenvalue weighted by atomic mass is 16.5. The van der Waals surface area contributed by atoms with E-state index in [0.717, 1.165) is 69.4 Å². The number of nitrogens with one attached hydrogen (secondary N) is 2. The summed E-state index contributed by atoms with van der Waals surface area (Å²) in [6.07, 6.45) is 0. The van der Waals surface area contributed by atoms with E-state index >= 15 is 0 Å². The zero-order valence-electron chi connectivity index (χ0n) is 26.2. The number of aromatic amines is 2. The minimum Gasteiger partial charge on any atom is -0.493 e. The van der Waals surface area contributed by atoms with Gasteiger partial charge in [0.1, 0.15) is 23.1 Å². The second-order valence-electron chi connectivity index (χ2n) is 13.5. The number of hydrogen-bond donors (Lipinski definition) is 2. The van der Waals surface area contributed by atoms with Crippen LogP contribution in [0.15, 0.2) is 60.7 Å². The minimum atomic E-state index is 0.0538. The lowest BCUT2D eigenvalue weighted by atomic mass is 9.94. The molecule has 0 fully saturated rings. The minimum absolute atomic E-state index is 0.0538. The van der Waals surface area contributed by atoms with Crippen LogP contribution >= 0.6 is 0 Å². The quantitative estimate of drug-likeness (QED) is 0.174. The van der Waals surface area contributed by atoms with Crippen LogP contribution in [0.4, 0.5) is 0 Å². The van der Waals surface area contributed by atoms with Gasteiger partial charge in [-0.1, -0.05) is 52.0 Å². The Balaban J connectivity index is 1.27. The molecule has 5 aromatic rings. The van der Waals surface area contributed by atoms with Gasteiger partial charge in [-0.15, -0.1) is 0 Å². The van der Waals surface area contributed by atoms with Crippen molar-refractivity contribution in [2.45, 2.75) is 27.7 Å². The molecule has 0 aliphatic carbocycles. The predicted molar refractivity (Wildman–Crippen MR) is 172 cm³/mol. The summed E-state index contributed by atoms with van der Waals surface area (Å²) >= 11 is 0. The van der Waals surface area contributed by atoms with E-state index in [1.165, 1.54) is 0 Å². The molecule has 0 atom stereocenters. The summed E-state index contributed by atoms with van der Waals surface area (Å²) in [7, 11) is 8.35. The molecule has 5 rings (SSSR count). The van der Waals surface area contributed by atoms with Crippen molar-refractivity contribution >= 4 is 22.1 Å². The standard InChI is InChI=1S/C34H44N6O2/c1-33(2,19-39(5)6)21-41-25-13-15-27-29(17-25)37-31(35-27)23-9-11-24(12-10-23)32-36-28-16-14-26(18-30(28)38-32)42-22-34(3,4)20-40(7)8/h9-18H,19-22H2,1-8H3,(H,35,37)(H,36,38). The highest BCUT2D eigenvalue weighted by Gasteiger charge is 2.21. The Morgan fingerprint density at radius 1 is 0.595 bits per heavy atom. The summed E-state index contributed by atoms with van der Waals surface area (Å²) in [6, 6.07) is 20.3. The third-order valence-corrected chi connectivity index (χ3v) is 7.09. The second kappa shape index (κ2) is 11.8. The van der Waals surface area contributed by atoms with Crippen LogP contribution in [-0.2, 0) is 0 Å². The maximum Gasteiger partial charge on any atom is 0.138 e. The highest BCUT2D eigenvalue weighted by Crippen LogP contribution is 2.29. The average molecular weight is 569 g/mol. The monoisotopic (exact) mass is 568 g/mol. The molecule has 2 heterocycles. The van der Waals surface area contributed by atoms with Crippen molar-refractivity contribution < 1.29 is 9.47 Å². The van der Waals surface area contributed by atoms with Gasteiger partial charge in [0, 0.05) is 47.2 Å². The van der Waals surface area contributed by atoms with Crippen LogP contribution in [0.2, 0.25) is 0 Å². The largest absolute Gasteiger partial charge is 0.493 e. The van der Waals surface area contributed by atoms with Crippen LogP contribution < -0.4 is 9.47 Å². The molecule has 42 heavy (non-hydrogen) atoms. The van der Waals surface area contributed by atoms with E-state index in [4.69, 9.17) is 19.4 Å². The molecule has 0 saturated heterocycles. The number of fused-ring (bicyclic) bond motifs is 2. The van der Waals surface area contributed by atoms with Crippen molar-refractivity contribution in [3.05, 3.63) is 60.7 Å². The van der Waals surface area contributed by atoms with Crippen molar-refractivity contribution in [2.24, 2.45) is 10.8 Å². The van der Waals surface area contributed by atoms with Crippen molar-refractivity contribution in [1.82, 2.24) is 29.7 Å². The number of aromatic nitrogens is 4. The Kier molecular flexibility index (Phi) is 8.30. The van der Waals surface area contributed by atoms with Gasteiger partial charge in [-0.05, 0) is 52.5 Å². The van der Waals surface area contributed by atoms with Crippen LogP contribution in [0.1, 0.15) is 27.7 Å². The molecule has 0 bridgehead atoms. The Hall–Kier alpha value is -3.88. The third-order valence-electron chi connectivity index (χ3n) is 7.09. The molecule has 0 saturated carbocycles. The van der Waals surface area contributed by atoms with E-state index in [1.807, 2.05) is 36.4 Å². The zero-order chi connectivity index (χ0) is 30.1. The van der Waals surface area contributed by atoms with Gasteiger partial charge in [-0.3, -0.25) is 0 Å². The Labute approximate surface area is 249 Å². The number of imidazole rings is 2. The average Bonchev–Trinajstić information content (AvgIpc) is 3.53. The molecule has 8 heteroatoms. The van der Waals surface area contributed by atoms with E-state index in [2.05, 4.69) is 99.9 Å². The maximum absolute atomic E-state index is 6.14. The topological polar surface area (TPSA) is 82.3 Å². The third kappa shape index (κ3) is 7.30. The van der Waals surface area contributed by atoms with Gasteiger partial charge in [0.2, 0.25) is 0 Å². The fourth-order valence-electron chi connectivity index (χ4n) is 5.58. The van der Waals surface area contributed by atoms with Crippen molar-refractivity contribution in [3.8, 4) is 34.3 Å². The van der Waals surface area contributed by atoms with Crippen molar-refractivity contribution in [2.75, 3.05) is 54.5 Å². The lowest BCUT2D eigenvalue weighted by molar-refractivity contribution is 0.141. The molecule has 0 aliphatic heterocycles. The van der Waals surface area contributed by atoms with Gasteiger partial charge < -0.3 is 29.2 Å². The molecule has 222 valence electrons. The summed E-state index contributed by atoms with van der Waals surface area (Å²) in [5.41, 5.74) is 5.86. The molecule has 2 N–H and O–H groups in total. The molecule has 3 aromatic carbocycles. The number of benzene rings is 3. The van der Waals surface area contributed by atoms with E-state index in [0.29, 0.717) is 13.2 Å². The van der Waals surface area contributed by atoms with Gasteiger partial charge >= 0.3 is 0 Å². The van der Waals surface area contributed by atoms with Crippen LogP contribution in [0, 0.1) is 10.8 Å². The van der Waals surface area contributed by atoms with Crippen molar-refractivity contribution in [3.63, 3.8) is 0 Å². The fraction of sp³-hybridized carbons (Fsp3) is 0.412. The second-order valence-corrected chi connectivity index (χ2v) is 13.5. The molecule has 0 unspecified atom stereocenters. The highest BCUT2D eigenvalue weighted by molar-refractivity contribution is 5.82. The summed E-state index contributed by atoms with van der Waals surface area (Å²) in [5, 5.41) is 0. The molecule has 8 nitrogen and oxygen atoms in total. The molecular weight excluding hydrogens is 524 g/mol. The van der Waals surface area contributed by atoms with Crippen LogP contribution in [0.3, 0.4) is 0 Å². The number of nitrogens with zero attached hydrogens (tertiary/aromatic N) is 4. The van der Waals surface area contributed by atoms with E-state index in [9.17, 15) is 0 Å². The van der Waals surface area contributed by atoms with E-state index in [-0.39, 0.29) is 10.8 Å². The van der Waals surface area contributed by atoms with Crippen LogP contribution in [0.5, 0.6) is 11.5 Å². The SMILES string of the molecule is CN(C)CC(C)(C)COc1ccc2nc(-c3ccc(-c4nc5ccc(OCC(C)(C)CN(C)C)cc5[nH]4)cc3)[nH]c2c1. The van der Waals surface area contributed by atoms with E-state index in [1.54, 1.807) is 0 Å². The number of hydrogen-bond acceptors (Lipinski definition) is 6.